The van der Waals surface area contributed by atoms with E-state index >= 15 is 0 Å². The van der Waals surface area contributed by atoms with E-state index in [9.17, 15) is 9.59 Å². The molecule has 0 bridgehead atoms. The maximum Gasteiger partial charge on any atom is 0.257 e. The lowest BCUT2D eigenvalue weighted by Crippen LogP contribution is -2.46. The number of hydrogen-bond acceptors (Lipinski definition) is 3. The van der Waals surface area contributed by atoms with Crippen molar-refractivity contribution in [3.63, 3.8) is 0 Å². The Morgan fingerprint density at radius 1 is 0.821 bits per heavy atom. The number of anilines is 1. The number of carbonyl (C=O) groups is 2. The lowest BCUT2D eigenvalue weighted by Gasteiger charge is -2.25. The predicted octanol–water partition coefficient (Wildman–Crippen LogP) is 3.76. The molecule has 0 unspecified atom stereocenters. The van der Waals surface area contributed by atoms with Crippen LogP contribution in [0.15, 0.2) is 84.9 Å². The van der Waals surface area contributed by atoms with Crippen molar-refractivity contribution < 1.29 is 9.59 Å². The first-order chi connectivity index (χ1) is 13.6. The summed E-state index contributed by atoms with van der Waals surface area (Å²) in [6, 6.07) is 26.7. The molecule has 0 aliphatic rings. The highest BCUT2D eigenvalue weighted by Crippen LogP contribution is 2.15. The summed E-state index contributed by atoms with van der Waals surface area (Å²) in [4.78, 5) is 24.8. The quantitative estimate of drug-likeness (QED) is 0.396. The van der Waals surface area contributed by atoms with Gasteiger partial charge in [0.2, 0.25) is 0 Å². The van der Waals surface area contributed by atoms with E-state index < -0.39 is 0 Å². The molecule has 0 saturated heterocycles. The molecule has 0 aliphatic carbocycles. The first kappa shape index (κ1) is 19.9. The number of carbonyl (C=O) groups excluding carboxylic acids is 2. The van der Waals surface area contributed by atoms with Crippen molar-refractivity contribution in [2.24, 2.45) is 0 Å². The lowest BCUT2D eigenvalue weighted by molar-refractivity contribution is -0.120. The van der Waals surface area contributed by atoms with Crippen LogP contribution in [0.2, 0.25) is 0 Å². The first-order valence-corrected chi connectivity index (χ1v) is 9.90. The summed E-state index contributed by atoms with van der Waals surface area (Å²) in [6.45, 7) is 0.406. The summed E-state index contributed by atoms with van der Waals surface area (Å²) in [7, 11) is 0. The van der Waals surface area contributed by atoms with Crippen LogP contribution >= 0.6 is 22.6 Å². The van der Waals surface area contributed by atoms with Crippen LogP contribution in [0.25, 0.3) is 0 Å². The lowest BCUT2D eigenvalue weighted by atomic mass is 10.2. The van der Waals surface area contributed by atoms with Crippen molar-refractivity contribution in [3.05, 3.63) is 99.6 Å². The Labute approximate surface area is 177 Å². The van der Waals surface area contributed by atoms with E-state index in [4.69, 9.17) is 0 Å². The summed E-state index contributed by atoms with van der Waals surface area (Å²) in [5.41, 5.74) is 5.37. The zero-order chi connectivity index (χ0) is 19.8. The van der Waals surface area contributed by atoms with E-state index in [1.54, 1.807) is 17.1 Å². The number of para-hydroxylation sites is 1. The van der Waals surface area contributed by atoms with Gasteiger partial charge in [-0.1, -0.05) is 60.7 Å². The van der Waals surface area contributed by atoms with Gasteiger partial charge < -0.3 is 5.32 Å². The Balaban J connectivity index is 1.64. The summed E-state index contributed by atoms with van der Waals surface area (Å²) >= 11 is 2.10. The Hall–Kier alpha value is -2.87. The molecule has 0 saturated carbocycles. The molecule has 0 heterocycles. The van der Waals surface area contributed by atoms with E-state index in [1.165, 1.54) is 0 Å². The minimum Gasteiger partial charge on any atom is -0.343 e. The van der Waals surface area contributed by atoms with Crippen LogP contribution in [0, 0.1) is 3.57 Å². The Morgan fingerprint density at radius 2 is 1.43 bits per heavy atom. The third-order valence-electron chi connectivity index (χ3n) is 4.04. The third-order valence-corrected chi connectivity index (χ3v) is 4.98. The molecule has 6 heteroatoms. The molecule has 3 rings (SSSR count). The molecule has 5 nitrogen and oxygen atoms in total. The first-order valence-electron chi connectivity index (χ1n) is 8.82. The number of amides is 2. The van der Waals surface area contributed by atoms with Gasteiger partial charge in [0.25, 0.3) is 11.8 Å². The molecule has 2 amide bonds. The van der Waals surface area contributed by atoms with Crippen molar-refractivity contribution >= 4 is 40.1 Å². The molecule has 0 radical (unpaired) electrons. The fourth-order valence-corrected chi connectivity index (χ4v) is 3.29. The van der Waals surface area contributed by atoms with Crippen molar-refractivity contribution in [2.45, 2.75) is 6.54 Å². The molecule has 3 aromatic carbocycles. The van der Waals surface area contributed by atoms with Gasteiger partial charge in [-0.3, -0.25) is 20.0 Å². The Kier molecular flexibility index (Phi) is 7.02. The maximum atomic E-state index is 12.5. The van der Waals surface area contributed by atoms with Gasteiger partial charge in [-0.2, -0.15) is 0 Å². The van der Waals surface area contributed by atoms with Gasteiger partial charge in [-0.15, -0.1) is 0 Å². The molecular weight excluding hydrogens is 465 g/mol. The van der Waals surface area contributed by atoms with Crippen LogP contribution in [0.4, 0.5) is 5.69 Å². The molecule has 2 N–H and O–H groups in total. The molecule has 0 aliphatic heterocycles. The van der Waals surface area contributed by atoms with Gasteiger partial charge >= 0.3 is 0 Å². The van der Waals surface area contributed by atoms with E-state index in [0.717, 1.165) is 14.8 Å². The van der Waals surface area contributed by atoms with Crippen molar-refractivity contribution in [3.8, 4) is 0 Å². The summed E-state index contributed by atoms with van der Waals surface area (Å²) in [5, 5.41) is 4.45. The standard InChI is InChI=1S/C22H20IN3O2/c23-20-14-8-7-13-19(20)22(28)24-15-21(27)25-26(18-11-5-2-6-12-18)16-17-9-3-1-4-10-17/h1-14H,15-16H2,(H,24,28)(H,25,27). The number of hydrogen-bond donors (Lipinski definition) is 2. The topological polar surface area (TPSA) is 61.4 Å². The number of hydrazine groups is 1. The highest BCUT2D eigenvalue weighted by molar-refractivity contribution is 14.1. The van der Waals surface area contributed by atoms with Gasteiger partial charge in [-0.05, 0) is 52.4 Å². The monoisotopic (exact) mass is 485 g/mol. The zero-order valence-corrected chi connectivity index (χ0v) is 17.3. The maximum absolute atomic E-state index is 12.5. The van der Waals surface area contributed by atoms with Crippen molar-refractivity contribution in [1.29, 1.82) is 0 Å². The normalized spacial score (nSPS) is 10.2. The zero-order valence-electron chi connectivity index (χ0n) is 15.1. The average molecular weight is 485 g/mol. The smallest absolute Gasteiger partial charge is 0.257 e. The molecule has 3 aromatic rings. The largest absolute Gasteiger partial charge is 0.343 e. The van der Waals surface area contributed by atoms with Crippen molar-refractivity contribution in [2.75, 3.05) is 11.6 Å². The van der Waals surface area contributed by atoms with E-state index in [-0.39, 0.29) is 18.4 Å². The van der Waals surface area contributed by atoms with Crippen LogP contribution in [0.1, 0.15) is 15.9 Å². The Morgan fingerprint density at radius 3 is 2.11 bits per heavy atom. The highest BCUT2D eigenvalue weighted by Gasteiger charge is 2.14. The second kappa shape index (κ2) is 9.89. The number of nitrogens with zero attached hydrogens (tertiary/aromatic N) is 1. The third kappa shape index (κ3) is 5.56. The molecule has 0 atom stereocenters. The van der Waals surface area contributed by atoms with Crippen LogP contribution in [-0.2, 0) is 11.3 Å². The molecule has 28 heavy (non-hydrogen) atoms. The fourth-order valence-electron chi connectivity index (χ4n) is 2.66. The summed E-state index contributed by atoms with van der Waals surface area (Å²) in [6.07, 6.45) is 0. The average Bonchev–Trinajstić information content (AvgIpc) is 2.73. The highest BCUT2D eigenvalue weighted by atomic mass is 127. The van der Waals surface area contributed by atoms with Gasteiger partial charge in [-0.25, -0.2) is 0 Å². The molecular formula is C22H20IN3O2. The van der Waals surface area contributed by atoms with Crippen LogP contribution in [0.5, 0.6) is 0 Å². The van der Waals surface area contributed by atoms with Crippen LogP contribution in [-0.4, -0.2) is 18.4 Å². The molecule has 0 fully saturated rings. The van der Waals surface area contributed by atoms with Crippen molar-refractivity contribution in [1.82, 2.24) is 10.7 Å². The molecule has 0 aromatic heterocycles. The second-order valence-electron chi connectivity index (χ2n) is 6.10. The van der Waals surface area contributed by atoms with E-state index in [1.807, 2.05) is 72.8 Å². The number of benzene rings is 3. The summed E-state index contributed by atoms with van der Waals surface area (Å²) < 4.78 is 0.841. The van der Waals surface area contributed by atoms with E-state index in [2.05, 4.69) is 33.3 Å². The Bertz CT molecular complexity index is 933. The number of rotatable bonds is 7. The molecule has 0 spiro atoms. The SMILES string of the molecule is O=C(CNC(=O)c1ccccc1I)NN(Cc1ccccc1)c1ccccc1. The fraction of sp³-hybridized carbons (Fsp3) is 0.0909. The minimum absolute atomic E-state index is 0.109. The van der Waals surface area contributed by atoms with E-state index in [0.29, 0.717) is 12.1 Å². The van der Waals surface area contributed by atoms with Crippen LogP contribution in [0.3, 0.4) is 0 Å². The van der Waals surface area contributed by atoms with Gasteiger partial charge in [0, 0.05) is 3.57 Å². The molecule has 142 valence electrons. The predicted molar refractivity (Wildman–Crippen MR) is 119 cm³/mol. The van der Waals surface area contributed by atoms with Gasteiger partial charge in [0.05, 0.1) is 24.3 Å². The van der Waals surface area contributed by atoms with Gasteiger partial charge in [0.1, 0.15) is 0 Å². The summed E-state index contributed by atoms with van der Waals surface area (Å²) in [5.74, 6) is -0.562. The minimum atomic E-state index is -0.293. The second-order valence-corrected chi connectivity index (χ2v) is 7.27. The van der Waals surface area contributed by atoms with Crippen LogP contribution < -0.4 is 15.8 Å². The number of halogens is 1. The van der Waals surface area contributed by atoms with Gasteiger partial charge in [0.15, 0.2) is 0 Å². The number of nitrogens with one attached hydrogen (secondary N) is 2.